The number of benzene rings is 1. The number of amides is 1. The van der Waals surface area contributed by atoms with E-state index in [4.69, 9.17) is 9.26 Å². The number of carbonyl (C=O) groups is 1. The van der Waals surface area contributed by atoms with E-state index < -0.39 is 0 Å². The van der Waals surface area contributed by atoms with Crippen LogP contribution in [-0.4, -0.2) is 48.2 Å². The number of aromatic nitrogens is 2. The third kappa shape index (κ3) is 4.05. The van der Waals surface area contributed by atoms with Gasteiger partial charge >= 0.3 is 0 Å². The molecule has 0 saturated carbocycles. The summed E-state index contributed by atoms with van der Waals surface area (Å²) in [7, 11) is 3.32. The summed E-state index contributed by atoms with van der Waals surface area (Å²) >= 11 is 0. The number of carbonyl (C=O) groups excluding carboxylic acids is 1. The van der Waals surface area contributed by atoms with Crippen LogP contribution < -0.4 is 5.32 Å². The number of ether oxygens (including phenoxy) is 1. The number of rotatable bonds is 5. The van der Waals surface area contributed by atoms with Crippen molar-refractivity contribution in [3.63, 3.8) is 0 Å². The minimum Gasteiger partial charge on any atom is -0.374 e. The lowest BCUT2D eigenvalue weighted by atomic mass is 9.99. The Hall–Kier alpha value is -2.25. The Labute approximate surface area is 147 Å². The fraction of sp³-hybridized carbons (Fsp3) is 0.500. The van der Waals surface area contributed by atoms with E-state index in [0.29, 0.717) is 17.3 Å². The number of fused-ring (bicyclic) bond motifs is 1. The first-order valence-corrected chi connectivity index (χ1v) is 8.51. The molecule has 7 nitrogen and oxygen atoms in total. The average molecular weight is 344 g/mol. The molecule has 1 N–H and O–H groups in total. The molecule has 0 saturated heterocycles. The Morgan fingerprint density at radius 3 is 2.88 bits per heavy atom. The van der Waals surface area contributed by atoms with E-state index in [9.17, 15) is 4.79 Å². The maximum Gasteiger partial charge on any atom is 0.254 e. The highest BCUT2D eigenvalue weighted by Crippen LogP contribution is 2.18. The highest BCUT2D eigenvalue weighted by atomic mass is 16.5. The van der Waals surface area contributed by atoms with E-state index in [1.165, 1.54) is 11.1 Å². The zero-order chi connectivity index (χ0) is 17.8. The lowest BCUT2D eigenvalue weighted by molar-refractivity contribution is 0.0769. The Bertz CT molecular complexity index is 744. The quantitative estimate of drug-likeness (QED) is 0.890. The zero-order valence-electron chi connectivity index (χ0n) is 14.9. The zero-order valence-corrected chi connectivity index (χ0v) is 14.9. The predicted octanol–water partition coefficient (Wildman–Crippen LogP) is 1.74. The van der Waals surface area contributed by atoms with Gasteiger partial charge in [-0.1, -0.05) is 11.2 Å². The molecule has 0 radical (unpaired) electrons. The molecule has 1 aromatic carbocycles. The molecule has 1 atom stereocenters. The Morgan fingerprint density at radius 1 is 1.36 bits per heavy atom. The highest BCUT2D eigenvalue weighted by molar-refractivity contribution is 5.94. The lowest BCUT2D eigenvalue weighted by Gasteiger charge is -2.16. The summed E-state index contributed by atoms with van der Waals surface area (Å²) in [4.78, 5) is 18.6. The molecule has 2 heterocycles. The van der Waals surface area contributed by atoms with E-state index in [-0.39, 0.29) is 18.6 Å². The van der Waals surface area contributed by atoms with Crippen LogP contribution in [0.1, 0.15) is 46.2 Å². The molecular formula is C18H24N4O3. The summed E-state index contributed by atoms with van der Waals surface area (Å²) in [6.45, 7) is 4.04. The first kappa shape index (κ1) is 17.6. The molecule has 7 heteroatoms. The Morgan fingerprint density at radius 2 is 2.12 bits per heavy atom. The summed E-state index contributed by atoms with van der Waals surface area (Å²) in [5.74, 6) is 0.823. The monoisotopic (exact) mass is 344 g/mol. The maximum absolute atomic E-state index is 12.7. The Kier molecular flexibility index (Phi) is 5.45. The Balaban J connectivity index is 1.70. The van der Waals surface area contributed by atoms with E-state index in [0.717, 1.165) is 25.9 Å². The highest BCUT2D eigenvalue weighted by Gasteiger charge is 2.19. The minimum atomic E-state index is -0.239. The minimum absolute atomic E-state index is 0.0560. The molecule has 1 aliphatic rings. The molecule has 0 bridgehead atoms. The van der Waals surface area contributed by atoms with E-state index in [1.54, 1.807) is 19.1 Å². The van der Waals surface area contributed by atoms with E-state index in [1.807, 2.05) is 19.1 Å². The molecule has 0 spiro atoms. The first-order chi connectivity index (χ1) is 12.1. The molecule has 0 aliphatic carbocycles. The van der Waals surface area contributed by atoms with Crippen molar-refractivity contribution in [2.24, 2.45) is 0 Å². The maximum atomic E-state index is 12.7. The van der Waals surface area contributed by atoms with Crippen molar-refractivity contribution >= 4 is 5.91 Å². The average Bonchev–Trinajstić information content (AvgIpc) is 2.96. The molecule has 2 aromatic rings. The van der Waals surface area contributed by atoms with E-state index in [2.05, 4.69) is 21.5 Å². The standard InChI is InChI=1S/C18H24N4O3/c1-12(24-3)17-20-16(25-21-17)11-22(2)18(23)15-5-4-13-6-8-19-9-7-14(13)10-15/h4-5,10,12,19H,6-9,11H2,1-3H3. The van der Waals surface area contributed by atoms with Gasteiger partial charge in [0.2, 0.25) is 5.89 Å². The van der Waals surface area contributed by atoms with Gasteiger partial charge in [0.05, 0.1) is 6.54 Å². The molecule has 25 heavy (non-hydrogen) atoms. The van der Waals surface area contributed by atoms with Crippen LogP contribution in [0.25, 0.3) is 0 Å². The van der Waals surface area contributed by atoms with Crippen molar-refractivity contribution in [3.05, 3.63) is 46.6 Å². The van der Waals surface area contributed by atoms with Gasteiger partial charge in [0.15, 0.2) is 5.82 Å². The number of nitrogens with one attached hydrogen (secondary N) is 1. The fourth-order valence-electron chi connectivity index (χ4n) is 2.90. The summed E-state index contributed by atoms with van der Waals surface area (Å²) < 4.78 is 10.4. The van der Waals surface area contributed by atoms with Crippen LogP contribution in [0.2, 0.25) is 0 Å². The molecule has 1 aromatic heterocycles. The van der Waals surface area contributed by atoms with Crippen LogP contribution >= 0.6 is 0 Å². The molecule has 0 fully saturated rings. The van der Waals surface area contributed by atoms with Crippen molar-refractivity contribution in [3.8, 4) is 0 Å². The van der Waals surface area contributed by atoms with Gasteiger partial charge in [0, 0.05) is 19.7 Å². The summed E-state index contributed by atoms with van der Waals surface area (Å²) in [6, 6.07) is 5.97. The van der Waals surface area contributed by atoms with Crippen molar-refractivity contribution in [1.29, 1.82) is 0 Å². The second kappa shape index (κ2) is 7.76. The third-order valence-electron chi connectivity index (χ3n) is 4.52. The normalized spacial score (nSPS) is 15.3. The molecule has 134 valence electrons. The van der Waals surface area contributed by atoms with Gasteiger partial charge in [-0.15, -0.1) is 0 Å². The molecule has 3 rings (SSSR count). The summed E-state index contributed by atoms with van der Waals surface area (Å²) in [6.07, 6.45) is 1.71. The van der Waals surface area contributed by atoms with Gasteiger partial charge < -0.3 is 19.5 Å². The van der Waals surface area contributed by atoms with Crippen LogP contribution in [0.4, 0.5) is 0 Å². The molecular weight excluding hydrogens is 320 g/mol. The molecule has 1 aliphatic heterocycles. The predicted molar refractivity (Wildman–Crippen MR) is 92.2 cm³/mol. The van der Waals surface area contributed by atoms with Crippen molar-refractivity contribution < 1.29 is 14.1 Å². The topological polar surface area (TPSA) is 80.5 Å². The van der Waals surface area contributed by atoms with Gasteiger partial charge in [-0.25, -0.2) is 0 Å². The first-order valence-electron chi connectivity index (χ1n) is 8.51. The van der Waals surface area contributed by atoms with Crippen LogP contribution in [0.3, 0.4) is 0 Å². The summed E-state index contributed by atoms with van der Waals surface area (Å²) in [5.41, 5.74) is 3.26. The van der Waals surface area contributed by atoms with Gasteiger partial charge in [0.1, 0.15) is 6.10 Å². The summed E-state index contributed by atoms with van der Waals surface area (Å²) in [5, 5.41) is 7.27. The molecule has 1 unspecified atom stereocenters. The number of nitrogens with zero attached hydrogens (tertiary/aromatic N) is 3. The number of methoxy groups -OCH3 is 1. The van der Waals surface area contributed by atoms with Crippen LogP contribution in [0.15, 0.2) is 22.7 Å². The van der Waals surface area contributed by atoms with Crippen molar-refractivity contribution in [2.75, 3.05) is 27.2 Å². The largest absolute Gasteiger partial charge is 0.374 e. The van der Waals surface area contributed by atoms with Gasteiger partial charge in [-0.2, -0.15) is 4.98 Å². The van der Waals surface area contributed by atoms with Gasteiger partial charge in [0.25, 0.3) is 5.91 Å². The second-order valence-corrected chi connectivity index (χ2v) is 6.32. The van der Waals surface area contributed by atoms with Crippen LogP contribution in [0.5, 0.6) is 0 Å². The smallest absolute Gasteiger partial charge is 0.254 e. The number of hydrogen-bond acceptors (Lipinski definition) is 6. The lowest BCUT2D eigenvalue weighted by Crippen LogP contribution is -2.26. The fourth-order valence-corrected chi connectivity index (χ4v) is 2.90. The second-order valence-electron chi connectivity index (χ2n) is 6.32. The van der Waals surface area contributed by atoms with E-state index >= 15 is 0 Å². The SMILES string of the molecule is COC(C)c1noc(CN(C)C(=O)c2ccc3c(c2)CCNCC3)n1. The van der Waals surface area contributed by atoms with Crippen molar-refractivity contribution in [1.82, 2.24) is 20.4 Å². The van der Waals surface area contributed by atoms with Crippen LogP contribution in [-0.2, 0) is 24.1 Å². The third-order valence-corrected chi connectivity index (χ3v) is 4.52. The van der Waals surface area contributed by atoms with Gasteiger partial charge in [-0.05, 0) is 56.1 Å². The number of hydrogen-bond donors (Lipinski definition) is 1. The van der Waals surface area contributed by atoms with Crippen molar-refractivity contribution in [2.45, 2.75) is 32.4 Å². The van der Waals surface area contributed by atoms with Crippen LogP contribution in [0, 0.1) is 0 Å². The molecule has 1 amide bonds. The van der Waals surface area contributed by atoms with Gasteiger partial charge in [-0.3, -0.25) is 4.79 Å².